The Balaban J connectivity index is 2.32. The van der Waals surface area contributed by atoms with Crippen LogP contribution in [0.4, 0.5) is 0 Å². The molecule has 0 fully saturated rings. The maximum atomic E-state index is 4.26. The summed E-state index contributed by atoms with van der Waals surface area (Å²) in [7, 11) is 0. The molecule has 4 nitrogen and oxygen atoms in total. The monoisotopic (exact) mass is 274 g/mol. The molecule has 0 aliphatic rings. The molecule has 78 valence electrons. The molecule has 0 aliphatic carbocycles. The zero-order valence-electron chi connectivity index (χ0n) is 8.21. The molecule has 0 bridgehead atoms. The van der Waals surface area contributed by atoms with E-state index in [1.54, 1.807) is 18.7 Å². The lowest BCUT2D eigenvalue weighted by molar-refractivity contribution is 1.11. The van der Waals surface area contributed by atoms with Crippen LogP contribution in [0.25, 0.3) is 16.9 Å². The lowest BCUT2D eigenvalue weighted by Gasteiger charge is -2.03. The Morgan fingerprint density at radius 1 is 1.12 bits per heavy atom. The van der Waals surface area contributed by atoms with E-state index in [4.69, 9.17) is 0 Å². The van der Waals surface area contributed by atoms with Crippen LogP contribution in [0.3, 0.4) is 0 Å². The van der Waals surface area contributed by atoms with Crippen molar-refractivity contribution in [3.05, 3.63) is 47.7 Å². The third-order valence-corrected chi connectivity index (χ3v) is 2.90. The molecular weight excluding hydrogens is 268 g/mol. The van der Waals surface area contributed by atoms with Gasteiger partial charge < -0.3 is 0 Å². The van der Waals surface area contributed by atoms with Gasteiger partial charge >= 0.3 is 0 Å². The molecule has 3 rings (SSSR count). The summed E-state index contributed by atoms with van der Waals surface area (Å²) in [5, 5.41) is 0. The van der Waals surface area contributed by atoms with Crippen LogP contribution in [0, 0.1) is 0 Å². The number of hydrogen-bond acceptors (Lipinski definition) is 3. The maximum Gasteiger partial charge on any atom is 0.171 e. The molecule has 0 spiro atoms. The molecule has 0 atom stereocenters. The van der Waals surface area contributed by atoms with E-state index in [0.29, 0.717) is 0 Å². The van der Waals surface area contributed by atoms with Crippen molar-refractivity contribution in [2.24, 2.45) is 0 Å². The van der Waals surface area contributed by atoms with Crippen LogP contribution in [-0.2, 0) is 0 Å². The predicted octanol–water partition coefficient (Wildman–Crippen LogP) is 2.55. The number of fused-ring (bicyclic) bond motifs is 1. The second kappa shape index (κ2) is 3.68. The molecule has 3 heterocycles. The van der Waals surface area contributed by atoms with Gasteiger partial charge in [0.1, 0.15) is 6.33 Å². The average molecular weight is 275 g/mol. The number of nitrogens with zero attached hydrogens (tertiary/aromatic N) is 4. The second-order valence-corrected chi connectivity index (χ2v) is 4.05. The minimum absolute atomic E-state index is 0.748. The molecule has 0 saturated heterocycles. The molecule has 0 aliphatic heterocycles. The first kappa shape index (κ1) is 9.47. The Morgan fingerprint density at radius 3 is 2.88 bits per heavy atom. The van der Waals surface area contributed by atoms with Crippen LogP contribution in [-0.4, -0.2) is 19.4 Å². The highest BCUT2D eigenvalue weighted by molar-refractivity contribution is 9.10. The van der Waals surface area contributed by atoms with Crippen molar-refractivity contribution in [3.63, 3.8) is 0 Å². The minimum Gasteiger partial charge on any atom is -0.282 e. The molecule has 0 saturated carbocycles. The molecule has 0 radical (unpaired) electrons. The van der Waals surface area contributed by atoms with E-state index in [2.05, 4.69) is 30.9 Å². The first-order chi connectivity index (χ1) is 7.86. The summed E-state index contributed by atoms with van der Waals surface area (Å²) < 4.78 is 2.68. The Hall–Kier alpha value is -1.75. The Morgan fingerprint density at radius 2 is 2.06 bits per heavy atom. The fourth-order valence-electron chi connectivity index (χ4n) is 1.62. The molecular formula is C11H7BrN4. The van der Waals surface area contributed by atoms with Crippen molar-refractivity contribution < 1.29 is 0 Å². The summed E-state index contributed by atoms with van der Waals surface area (Å²) in [6.07, 6.45) is 7.09. The van der Waals surface area contributed by atoms with E-state index < -0.39 is 0 Å². The highest BCUT2D eigenvalue weighted by atomic mass is 79.9. The van der Waals surface area contributed by atoms with Crippen molar-refractivity contribution in [2.45, 2.75) is 0 Å². The first-order valence-electron chi connectivity index (χ1n) is 4.74. The van der Waals surface area contributed by atoms with Gasteiger partial charge in [-0.2, -0.15) is 0 Å². The smallest absolute Gasteiger partial charge is 0.171 e. The fraction of sp³-hybridized carbons (Fsp3) is 0. The average Bonchev–Trinajstić information content (AvgIpc) is 2.73. The quantitative estimate of drug-likeness (QED) is 0.685. The maximum absolute atomic E-state index is 4.26. The van der Waals surface area contributed by atoms with Crippen molar-refractivity contribution in [2.75, 3.05) is 0 Å². The summed E-state index contributed by atoms with van der Waals surface area (Å²) in [5.41, 5.74) is 2.87. The summed E-state index contributed by atoms with van der Waals surface area (Å²) in [4.78, 5) is 12.5. The fourth-order valence-corrected chi connectivity index (χ4v) is 2.01. The van der Waals surface area contributed by atoms with Gasteiger partial charge in [-0.05, 0) is 34.1 Å². The summed E-state index contributed by atoms with van der Waals surface area (Å²) in [5.74, 6) is 0. The van der Waals surface area contributed by atoms with E-state index >= 15 is 0 Å². The zero-order chi connectivity index (χ0) is 11.0. The Kier molecular flexibility index (Phi) is 2.18. The zero-order valence-corrected chi connectivity index (χ0v) is 9.79. The first-order valence-corrected chi connectivity index (χ1v) is 5.53. The summed E-state index contributed by atoms with van der Waals surface area (Å²) in [6.45, 7) is 0. The van der Waals surface area contributed by atoms with Crippen LogP contribution in [0.2, 0.25) is 0 Å². The SMILES string of the molecule is Brc1ncn2c(-c3cccnc3)ccnc12. The van der Waals surface area contributed by atoms with Gasteiger partial charge in [0, 0.05) is 24.2 Å². The highest BCUT2D eigenvalue weighted by Gasteiger charge is 2.07. The van der Waals surface area contributed by atoms with E-state index in [0.717, 1.165) is 21.5 Å². The van der Waals surface area contributed by atoms with Gasteiger partial charge in [-0.1, -0.05) is 0 Å². The van der Waals surface area contributed by atoms with Crippen LogP contribution in [0.15, 0.2) is 47.7 Å². The molecule has 16 heavy (non-hydrogen) atoms. The third kappa shape index (κ3) is 1.40. The van der Waals surface area contributed by atoms with Crippen LogP contribution < -0.4 is 0 Å². The van der Waals surface area contributed by atoms with Crippen LogP contribution >= 0.6 is 15.9 Å². The molecule has 0 N–H and O–H groups in total. The normalized spacial score (nSPS) is 10.8. The van der Waals surface area contributed by atoms with Gasteiger partial charge in [0.25, 0.3) is 0 Å². The lowest BCUT2D eigenvalue weighted by atomic mass is 10.2. The molecule has 3 aromatic heterocycles. The second-order valence-electron chi connectivity index (χ2n) is 3.30. The van der Waals surface area contributed by atoms with Gasteiger partial charge in [-0.15, -0.1) is 0 Å². The standard InChI is InChI=1S/C11H7BrN4/c12-10-11-14-5-3-9(16(11)7-15-10)8-2-1-4-13-6-8/h1-7H. The molecule has 0 aromatic carbocycles. The van der Waals surface area contributed by atoms with Gasteiger partial charge in [0.05, 0.1) is 5.69 Å². The van der Waals surface area contributed by atoms with Gasteiger partial charge in [0.15, 0.2) is 10.3 Å². The van der Waals surface area contributed by atoms with E-state index in [1.807, 2.05) is 28.8 Å². The van der Waals surface area contributed by atoms with Crippen LogP contribution in [0.5, 0.6) is 0 Å². The van der Waals surface area contributed by atoms with Crippen LogP contribution in [0.1, 0.15) is 0 Å². The lowest BCUT2D eigenvalue weighted by Crippen LogP contribution is -1.92. The third-order valence-electron chi connectivity index (χ3n) is 2.35. The van der Waals surface area contributed by atoms with Crippen molar-refractivity contribution >= 4 is 21.6 Å². The highest BCUT2D eigenvalue weighted by Crippen LogP contribution is 2.21. The van der Waals surface area contributed by atoms with Crippen molar-refractivity contribution in [1.82, 2.24) is 19.4 Å². The van der Waals surface area contributed by atoms with E-state index in [1.165, 1.54) is 0 Å². The Bertz CT molecular complexity index is 633. The molecule has 0 amide bonds. The van der Waals surface area contributed by atoms with Gasteiger partial charge in [-0.3, -0.25) is 9.38 Å². The summed E-state index contributed by atoms with van der Waals surface area (Å²) >= 11 is 3.36. The number of imidazole rings is 1. The van der Waals surface area contributed by atoms with Crippen molar-refractivity contribution in [3.8, 4) is 11.3 Å². The number of pyridine rings is 1. The van der Waals surface area contributed by atoms with E-state index in [9.17, 15) is 0 Å². The number of halogens is 1. The summed E-state index contributed by atoms with van der Waals surface area (Å²) in [6, 6.07) is 5.86. The number of aromatic nitrogens is 4. The topological polar surface area (TPSA) is 43.1 Å². The van der Waals surface area contributed by atoms with Gasteiger partial charge in [0.2, 0.25) is 0 Å². The largest absolute Gasteiger partial charge is 0.282 e. The number of rotatable bonds is 1. The molecule has 5 heteroatoms. The van der Waals surface area contributed by atoms with E-state index in [-0.39, 0.29) is 0 Å². The van der Waals surface area contributed by atoms with Crippen molar-refractivity contribution in [1.29, 1.82) is 0 Å². The minimum atomic E-state index is 0.748. The predicted molar refractivity (Wildman–Crippen MR) is 63.9 cm³/mol. The molecule has 3 aromatic rings. The number of hydrogen-bond donors (Lipinski definition) is 0. The molecule has 0 unspecified atom stereocenters. The van der Waals surface area contributed by atoms with Gasteiger partial charge in [-0.25, -0.2) is 9.97 Å². The Labute approximate surface area is 100 Å².